The number of furan rings is 1. The summed E-state index contributed by atoms with van der Waals surface area (Å²) in [6.07, 6.45) is 6.10. The molecule has 2 nitrogen and oxygen atoms in total. The molecule has 1 saturated carbocycles. The highest BCUT2D eigenvalue weighted by atomic mass is 16.3. The topological polar surface area (TPSA) is 33.4 Å². The summed E-state index contributed by atoms with van der Waals surface area (Å²) in [7, 11) is 0. The van der Waals surface area contributed by atoms with Gasteiger partial charge in [0.2, 0.25) is 0 Å². The smallest absolute Gasteiger partial charge is 0.0935 e. The summed E-state index contributed by atoms with van der Waals surface area (Å²) in [5, 5.41) is 10.6. The van der Waals surface area contributed by atoms with Crippen LogP contribution in [0.4, 0.5) is 0 Å². The SMILES string of the molecule is CC1CC(C)(C)CC1(O)Cc1ccoc1. The molecule has 1 aromatic rings. The zero-order valence-electron chi connectivity index (χ0n) is 9.79. The van der Waals surface area contributed by atoms with Gasteiger partial charge in [-0.1, -0.05) is 20.8 Å². The Morgan fingerprint density at radius 2 is 2.27 bits per heavy atom. The Balaban J connectivity index is 2.14. The van der Waals surface area contributed by atoms with Crippen LogP contribution in [-0.2, 0) is 6.42 Å². The normalized spacial score (nSPS) is 34.5. The largest absolute Gasteiger partial charge is 0.472 e. The zero-order valence-corrected chi connectivity index (χ0v) is 9.79. The van der Waals surface area contributed by atoms with Crippen molar-refractivity contribution in [2.75, 3.05) is 0 Å². The summed E-state index contributed by atoms with van der Waals surface area (Å²) in [5.74, 6) is 0.363. The molecule has 0 saturated heterocycles. The Labute approximate surface area is 91.3 Å². The minimum atomic E-state index is -0.548. The Bertz CT molecular complexity index is 326. The molecule has 2 rings (SSSR count). The molecule has 0 amide bonds. The van der Waals surface area contributed by atoms with Crippen LogP contribution in [0, 0.1) is 11.3 Å². The van der Waals surface area contributed by atoms with Crippen molar-refractivity contribution in [3.8, 4) is 0 Å². The molecule has 2 heteroatoms. The van der Waals surface area contributed by atoms with Gasteiger partial charge in [0.25, 0.3) is 0 Å². The molecule has 0 spiro atoms. The standard InChI is InChI=1S/C13H20O2/c1-10-6-12(2,3)9-13(10,14)7-11-4-5-15-8-11/h4-5,8,10,14H,6-7,9H2,1-3H3. The lowest BCUT2D eigenvalue weighted by molar-refractivity contribution is 0.00433. The van der Waals surface area contributed by atoms with Crippen LogP contribution < -0.4 is 0 Å². The van der Waals surface area contributed by atoms with Crippen molar-refractivity contribution in [3.63, 3.8) is 0 Å². The summed E-state index contributed by atoms with van der Waals surface area (Å²) in [4.78, 5) is 0. The molecule has 1 aliphatic rings. The molecule has 2 unspecified atom stereocenters. The number of rotatable bonds is 2. The lowest BCUT2D eigenvalue weighted by atomic mass is 9.85. The molecule has 84 valence electrons. The maximum atomic E-state index is 10.6. The van der Waals surface area contributed by atoms with Gasteiger partial charge in [0, 0.05) is 6.42 Å². The molecule has 0 aromatic carbocycles. The van der Waals surface area contributed by atoms with Gasteiger partial charge in [0.15, 0.2) is 0 Å². The summed E-state index contributed by atoms with van der Waals surface area (Å²) in [6.45, 7) is 6.61. The maximum absolute atomic E-state index is 10.6. The summed E-state index contributed by atoms with van der Waals surface area (Å²) < 4.78 is 5.05. The molecule has 0 bridgehead atoms. The van der Waals surface area contributed by atoms with Gasteiger partial charge in [0.05, 0.1) is 18.1 Å². The molecule has 1 aromatic heterocycles. The molecule has 1 aliphatic carbocycles. The number of hydrogen-bond donors (Lipinski definition) is 1. The van der Waals surface area contributed by atoms with Crippen LogP contribution in [0.2, 0.25) is 0 Å². The molecular formula is C13H20O2. The van der Waals surface area contributed by atoms with Crippen LogP contribution in [0.5, 0.6) is 0 Å². The third-order valence-electron chi connectivity index (χ3n) is 3.65. The Kier molecular flexibility index (Phi) is 2.42. The van der Waals surface area contributed by atoms with E-state index >= 15 is 0 Å². The van der Waals surface area contributed by atoms with Gasteiger partial charge in [-0.15, -0.1) is 0 Å². The summed E-state index contributed by atoms with van der Waals surface area (Å²) in [6, 6.07) is 1.94. The van der Waals surface area contributed by atoms with E-state index in [2.05, 4.69) is 20.8 Å². The first-order chi connectivity index (χ1) is 6.91. The average molecular weight is 208 g/mol. The van der Waals surface area contributed by atoms with E-state index in [1.54, 1.807) is 12.5 Å². The summed E-state index contributed by atoms with van der Waals surface area (Å²) in [5.41, 5.74) is 0.813. The van der Waals surface area contributed by atoms with Gasteiger partial charge in [-0.2, -0.15) is 0 Å². The molecule has 2 atom stereocenters. The van der Waals surface area contributed by atoms with E-state index in [0.717, 1.165) is 18.4 Å². The average Bonchev–Trinajstić information content (AvgIpc) is 2.59. The van der Waals surface area contributed by atoms with Crippen molar-refractivity contribution < 1.29 is 9.52 Å². The Hall–Kier alpha value is -0.760. The number of hydrogen-bond acceptors (Lipinski definition) is 2. The van der Waals surface area contributed by atoms with E-state index < -0.39 is 5.60 Å². The van der Waals surface area contributed by atoms with Crippen LogP contribution in [0.15, 0.2) is 23.0 Å². The van der Waals surface area contributed by atoms with Gasteiger partial charge < -0.3 is 9.52 Å². The van der Waals surface area contributed by atoms with E-state index in [0.29, 0.717) is 12.3 Å². The molecule has 1 fully saturated rings. The summed E-state index contributed by atoms with van der Waals surface area (Å²) >= 11 is 0. The highest BCUT2D eigenvalue weighted by Crippen LogP contribution is 2.48. The first-order valence-electron chi connectivity index (χ1n) is 5.65. The predicted octanol–water partition coefficient (Wildman–Crippen LogP) is 3.01. The van der Waals surface area contributed by atoms with E-state index in [9.17, 15) is 5.11 Å². The van der Waals surface area contributed by atoms with Crippen molar-refractivity contribution in [1.82, 2.24) is 0 Å². The molecule has 15 heavy (non-hydrogen) atoms. The van der Waals surface area contributed by atoms with Crippen LogP contribution in [0.25, 0.3) is 0 Å². The predicted molar refractivity (Wildman–Crippen MR) is 59.5 cm³/mol. The Morgan fingerprint density at radius 3 is 2.73 bits per heavy atom. The van der Waals surface area contributed by atoms with Crippen molar-refractivity contribution >= 4 is 0 Å². The van der Waals surface area contributed by atoms with Gasteiger partial charge in [-0.25, -0.2) is 0 Å². The zero-order chi connectivity index (χ0) is 11.1. The van der Waals surface area contributed by atoms with Crippen LogP contribution in [0.1, 0.15) is 39.2 Å². The Morgan fingerprint density at radius 1 is 1.53 bits per heavy atom. The first kappa shape index (κ1) is 10.7. The fourth-order valence-electron chi connectivity index (χ4n) is 3.08. The third kappa shape index (κ3) is 2.10. The highest BCUT2D eigenvalue weighted by molar-refractivity contribution is 5.13. The molecule has 1 heterocycles. The second-order valence-electron chi connectivity index (χ2n) is 5.86. The van der Waals surface area contributed by atoms with Crippen molar-refractivity contribution in [2.24, 2.45) is 11.3 Å². The van der Waals surface area contributed by atoms with Gasteiger partial charge in [0.1, 0.15) is 0 Å². The van der Waals surface area contributed by atoms with Gasteiger partial charge in [-0.3, -0.25) is 0 Å². The quantitative estimate of drug-likeness (QED) is 0.810. The molecular weight excluding hydrogens is 188 g/mol. The third-order valence-corrected chi connectivity index (χ3v) is 3.65. The van der Waals surface area contributed by atoms with E-state index in [1.807, 2.05) is 6.07 Å². The second kappa shape index (κ2) is 3.38. The number of aliphatic hydroxyl groups is 1. The van der Waals surface area contributed by atoms with Crippen molar-refractivity contribution in [2.45, 2.75) is 45.6 Å². The fourth-order valence-corrected chi connectivity index (χ4v) is 3.08. The lowest BCUT2D eigenvalue weighted by Crippen LogP contribution is -2.34. The van der Waals surface area contributed by atoms with Gasteiger partial charge >= 0.3 is 0 Å². The fraction of sp³-hybridized carbons (Fsp3) is 0.692. The lowest BCUT2D eigenvalue weighted by Gasteiger charge is -2.28. The second-order valence-corrected chi connectivity index (χ2v) is 5.86. The van der Waals surface area contributed by atoms with E-state index in [-0.39, 0.29) is 5.41 Å². The highest BCUT2D eigenvalue weighted by Gasteiger charge is 2.47. The molecule has 1 N–H and O–H groups in total. The van der Waals surface area contributed by atoms with E-state index in [4.69, 9.17) is 4.42 Å². The van der Waals surface area contributed by atoms with Crippen LogP contribution in [-0.4, -0.2) is 10.7 Å². The van der Waals surface area contributed by atoms with Crippen molar-refractivity contribution in [3.05, 3.63) is 24.2 Å². The molecule has 0 aliphatic heterocycles. The monoisotopic (exact) mass is 208 g/mol. The first-order valence-corrected chi connectivity index (χ1v) is 5.65. The van der Waals surface area contributed by atoms with E-state index in [1.165, 1.54) is 0 Å². The minimum absolute atomic E-state index is 0.262. The van der Waals surface area contributed by atoms with Crippen LogP contribution >= 0.6 is 0 Å². The van der Waals surface area contributed by atoms with Crippen LogP contribution in [0.3, 0.4) is 0 Å². The maximum Gasteiger partial charge on any atom is 0.0935 e. The minimum Gasteiger partial charge on any atom is -0.472 e. The molecule has 0 radical (unpaired) electrons. The van der Waals surface area contributed by atoms with Crippen molar-refractivity contribution in [1.29, 1.82) is 0 Å². The van der Waals surface area contributed by atoms with Gasteiger partial charge in [-0.05, 0) is 35.8 Å².